The van der Waals surface area contributed by atoms with Gasteiger partial charge in [0.05, 0.1) is 22.3 Å². The van der Waals surface area contributed by atoms with Gasteiger partial charge in [-0.2, -0.15) is 5.26 Å². The molecule has 0 spiro atoms. The van der Waals surface area contributed by atoms with Crippen molar-refractivity contribution >= 4 is 33.1 Å². The predicted molar refractivity (Wildman–Crippen MR) is 60.5 cm³/mol. The monoisotopic (exact) mass is 276 g/mol. The Hall–Kier alpha value is -0.590. The van der Waals surface area contributed by atoms with Gasteiger partial charge in [0.25, 0.3) is 0 Å². The van der Waals surface area contributed by atoms with Crippen LogP contribution < -0.4 is 5.14 Å². The van der Waals surface area contributed by atoms with E-state index in [0.29, 0.717) is 11.3 Å². The molecule has 0 aliphatic carbocycles. The summed E-state index contributed by atoms with van der Waals surface area (Å²) in [7, 11) is -3.73. The summed E-state index contributed by atoms with van der Waals surface area (Å²) in [6.45, 7) is 0. The molecule has 0 aromatic carbocycles. The van der Waals surface area contributed by atoms with E-state index in [-0.39, 0.29) is 4.21 Å². The van der Waals surface area contributed by atoms with Crippen LogP contribution in [0, 0.1) is 17.2 Å². The number of thiophene rings is 1. The molecular formula is C8H8N2O3S3. The summed E-state index contributed by atoms with van der Waals surface area (Å²) in [6.07, 6.45) is -0.923. The van der Waals surface area contributed by atoms with Gasteiger partial charge in [0.2, 0.25) is 10.0 Å². The lowest BCUT2D eigenvalue weighted by molar-refractivity contribution is 0.140. The summed E-state index contributed by atoms with van der Waals surface area (Å²) < 4.78 is 23.0. The second-order valence-electron chi connectivity index (χ2n) is 3.34. The van der Waals surface area contributed by atoms with Gasteiger partial charge in [-0.15, -0.1) is 23.1 Å². The zero-order valence-electron chi connectivity index (χ0n) is 7.95. The van der Waals surface area contributed by atoms with E-state index in [4.69, 9.17) is 10.4 Å². The number of rotatable bonds is 1. The third-order valence-electron chi connectivity index (χ3n) is 2.24. The Labute approximate surface area is 101 Å². The average molecular weight is 276 g/mol. The number of thioether (sulfide) groups is 1. The van der Waals surface area contributed by atoms with Crippen LogP contribution in [0.15, 0.2) is 14.5 Å². The number of hydrogen-bond donors (Lipinski definition) is 2. The zero-order chi connectivity index (χ0) is 11.9. The Morgan fingerprint density at radius 1 is 1.62 bits per heavy atom. The van der Waals surface area contributed by atoms with E-state index in [2.05, 4.69) is 0 Å². The average Bonchev–Trinajstić information content (AvgIpc) is 2.62. The smallest absolute Gasteiger partial charge is 0.247 e. The molecule has 5 nitrogen and oxygen atoms in total. The first-order valence-corrected chi connectivity index (χ1v) is 7.65. The van der Waals surface area contributed by atoms with Crippen LogP contribution in [-0.4, -0.2) is 19.3 Å². The molecule has 3 N–H and O–H groups in total. The van der Waals surface area contributed by atoms with E-state index in [1.165, 1.54) is 17.8 Å². The lowest BCUT2D eigenvalue weighted by Gasteiger charge is -2.21. The molecule has 2 atom stereocenters. The number of sulfonamides is 1. The molecule has 1 aliphatic heterocycles. The predicted octanol–water partition coefficient (Wildman–Crippen LogP) is 0.674. The first-order valence-electron chi connectivity index (χ1n) is 4.30. The van der Waals surface area contributed by atoms with Gasteiger partial charge in [-0.3, -0.25) is 0 Å². The fraction of sp³-hybridized carbons (Fsp3) is 0.375. The third-order valence-corrected chi connectivity index (χ3v) is 6.24. The van der Waals surface area contributed by atoms with Crippen molar-refractivity contribution in [2.24, 2.45) is 11.1 Å². The third kappa shape index (κ3) is 1.97. The Morgan fingerprint density at radius 3 is 2.88 bits per heavy atom. The maximum absolute atomic E-state index is 11.1. The maximum atomic E-state index is 11.1. The normalized spacial score (nSPS) is 24.8. The molecule has 1 aliphatic rings. The number of fused-ring (bicyclic) bond motifs is 1. The van der Waals surface area contributed by atoms with Crippen LogP contribution in [0.5, 0.6) is 0 Å². The molecule has 0 saturated heterocycles. The van der Waals surface area contributed by atoms with E-state index in [9.17, 15) is 13.5 Å². The van der Waals surface area contributed by atoms with Gasteiger partial charge in [0.1, 0.15) is 4.21 Å². The molecule has 0 bridgehead atoms. The van der Waals surface area contributed by atoms with E-state index in [0.717, 1.165) is 15.5 Å². The van der Waals surface area contributed by atoms with Crippen molar-refractivity contribution in [3.63, 3.8) is 0 Å². The number of nitrogens with zero attached hydrogens (tertiary/aromatic N) is 1. The number of nitriles is 1. The lowest BCUT2D eigenvalue weighted by atomic mass is 10.0. The molecule has 2 rings (SSSR count). The summed E-state index contributed by atoms with van der Waals surface area (Å²) in [5.41, 5.74) is 0.497. The molecular weight excluding hydrogens is 268 g/mol. The minimum atomic E-state index is -3.73. The van der Waals surface area contributed by atoms with Gasteiger partial charge in [-0.05, 0) is 6.07 Å². The number of hydrogen-bond acceptors (Lipinski definition) is 6. The molecule has 0 saturated carbocycles. The fourth-order valence-corrected chi connectivity index (χ4v) is 4.88. The van der Waals surface area contributed by atoms with E-state index >= 15 is 0 Å². The lowest BCUT2D eigenvalue weighted by Crippen LogP contribution is -2.17. The standard InChI is InChI=1S/C8H8N2O3S3/c9-2-4-3-14-8-5(7(4)11)1-6(15-8)16(10,12)13/h1,4,7,11H,3H2,(H2,10,12,13). The largest absolute Gasteiger partial charge is 0.387 e. The van der Waals surface area contributed by atoms with Crippen molar-refractivity contribution in [2.45, 2.75) is 14.5 Å². The SMILES string of the molecule is N#CC1CSc2sc(S(N)(=O)=O)cc2C1O. The highest BCUT2D eigenvalue weighted by Gasteiger charge is 2.31. The van der Waals surface area contributed by atoms with Gasteiger partial charge < -0.3 is 5.11 Å². The van der Waals surface area contributed by atoms with Crippen molar-refractivity contribution in [1.29, 1.82) is 5.26 Å². The minimum Gasteiger partial charge on any atom is -0.387 e. The molecule has 0 amide bonds. The number of nitrogens with two attached hydrogens (primary N) is 1. The number of primary sulfonamides is 1. The zero-order valence-corrected chi connectivity index (χ0v) is 10.4. The molecule has 2 unspecified atom stereocenters. The fourth-order valence-electron chi connectivity index (χ4n) is 1.41. The second kappa shape index (κ2) is 4.01. The van der Waals surface area contributed by atoms with Crippen LogP contribution in [0.3, 0.4) is 0 Å². The minimum absolute atomic E-state index is 0.0302. The summed E-state index contributed by atoms with van der Waals surface area (Å²) in [4.78, 5) is 0. The van der Waals surface area contributed by atoms with Gasteiger partial charge in [0.15, 0.2) is 0 Å². The van der Waals surface area contributed by atoms with Crippen molar-refractivity contribution in [2.75, 3.05) is 5.75 Å². The first kappa shape index (κ1) is 11.9. The van der Waals surface area contributed by atoms with Crippen LogP contribution in [0.1, 0.15) is 11.7 Å². The van der Waals surface area contributed by atoms with Crippen LogP contribution in [-0.2, 0) is 10.0 Å². The Balaban J connectivity index is 2.47. The summed E-state index contributed by atoms with van der Waals surface area (Å²) in [6, 6.07) is 3.35. The Kier molecular flexibility index (Phi) is 2.98. The molecule has 8 heteroatoms. The van der Waals surface area contributed by atoms with E-state index in [1.54, 1.807) is 0 Å². The van der Waals surface area contributed by atoms with Crippen molar-refractivity contribution < 1.29 is 13.5 Å². The van der Waals surface area contributed by atoms with Crippen LogP contribution in [0.25, 0.3) is 0 Å². The molecule has 86 valence electrons. The Morgan fingerprint density at radius 2 is 2.31 bits per heavy atom. The van der Waals surface area contributed by atoms with Crippen molar-refractivity contribution in [3.05, 3.63) is 11.6 Å². The molecule has 1 aromatic rings. The highest BCUT2D eigenvalue weighted by molar-refractivity contribution is 8.01. The molecule has 16 heavy (non-hydrogen) atoms. The topological polar surface area (TPSA) is 104 Å². The highest BCUT2D eigenvalue weighted by atomic mass is 32.3. The maximum Gasteiger partial charge on any atom is 0.247 e. The van der Waals surface area contributed by atoms with Crippen molar-refractivity contribution in [1.82, 2.24) is 0 Å². The summed E-state index contributed by atoms with van der Waals surface area (Å²) >= 11 is 2.42. The van der Waals surface area contributed by atoms with Gasteiger partial charge in [-0.25, -0.2) is 13.6 Å². The first-order chi connectivity index (χ1) is 7.43. The summed E-state index contributed by atoms with van der Waals surface area (Å²) in [5.74, 6) is -0.0321. The van der Waals surface area contributed by atoms with E-state index in [1.807, 2.05) is 6.07 Å². The van der Waals surface area contributed by atoms with Crippen molar-refractivity contribution in [3.8, 4) is 6.07 Å². The quantitative estimate of drug-likeness (QED) is 0.784. The molecule has 1 aromatic heterocycles. The number of aliphatic hydroxyl groups excluding tert-OH is 1. The number of aliphatic hydroxyl groups is 1. The van der Waals surface area contributed by atoms with Gasteiger partial charge in [0, 0.05) is 11.3 Å². The van der Waals surface area contributed by atoms with Crippen LogP contribution in [0.2, 0.25) is 0 Å². The second-order valence-corrected chi connectivity index (χ2v) is 7.47. The van der Waals surface area contributed by atoms with E-state index < -0.39 is 22.0 Å². The van der Waals surface area contributed by atoms with Gasteiger partial charge >= 0.3 is 0 Å². The molecule has 0 radical (unpaired) electrons. The summed E-state index contributed by atoms with van der Waals surface area (Å²) in [5, 5.41) is 23.6. The van der Waals surface area contributed by atoms with Gasteiger partial charge in [-0.1, -0.05) is 0 Å². The molecule has 0 fully saturated rings. The van der Waals surface area contributed by atoms with Crippen LogP contribution >= 0.6 is 23.1 Å². The van der Waals surface area contributed by atoms with Crippen LogP contribution in [0.4, 0.5) is 0 Å². The Bertz CT molecular complexity index is 558. The molecule has 2 heterocycles. The highest BCUT2D eigenvalue weighted by Crippen LogP contribution is 2.45.